The lowest BCUT2D eigenvalue weighted by Gasteiger charge is -2.29. The van der Waals surface area contributed by atoms with Crippen molar-refractivity contribution in [1.82, 2.24) is 10.2 Å². The number of fused-ring (bicyclic) bond motifs is 2. The maximum absolute atomic E-state index is 11.8. The molecule has 1 saturated heterocycles. The minimum atomic E-state index is -0.0145. The molecule has 2 rings (SSSR count). The Kier molecular flexibility index (Phi) is 2.28. The first-order valence-corrected chi connectivity index (χ1v) is 5.20. The molecule has 0 radical (unpaired) electrons. The number of rotatable bonds is 2. The molecule has 1 amide bonds. The van der Waals surface area contributed by atoms with Crippen LogP contribution in [-0.2, 0) is 4.79 Å². The smallest absolute Gasteiger partial charge is 0.239 e. The van der Waals surface area contributed by atoms with Crippen LogP contribution >= 0.6 is 0 Å². The largest absolute Gasteiger partial charge is 0.338 e. The van der Waals surface area contributed by atoms with Gasteiger partial charge in [-0.05, 0) is 39.2 Å². The van der Waals surface area contributed by atoms with Crippen LogP contribution in [0.5, 0.6) is 0 Å². The van der Waals surface area contributed by atoms with Gasteiger partial charge in [-0.25, -0.2) is 0 Å². The lowest BCUT2D eigenvalue weighted by Crippen LogP contribution is -2.46. The Morgan fingerprint density at radius 1 is 1.54 bits per heavy atom. The van der Waals surface area contributed by atoms with Crippen LogP contribution in [0.3, 0.4) is 0 Å². The Morgan fingerprint density at radius 2 is 2.31 bits per heavy atom. The van der Waals surface area contributed by atoms with Gasteiger partial charge in [0, 0.05) is 12.6 Å². The molecule has 13 heavy (non-hydrogen) atoms. The second-order valence-electron chi connectivity index (χ2n) is 4.33. The summed E-state index contributed by atoms with van der Waals surface area (Å²) in [5, 5.41) is 3.01. The van der Waals surface area contributed by atoms with Gasteiger partial charge in [0.15, 0.2) is 0 Å². The van der Waals surface area contributed by atoms with Crippen molar-refractivity contribution < 1.29 is 4.79 Å². The Bertz CT molecular complexity index is 217. The Labute approximate surface area is 79.5 Å². The summed E-state index contributed by atoms with van der Waals surface area (Å²) < 4.78 is 0. The average molecular weight is 182 g/mol. The zero-order valence-electron chi connectivity index (χ0n) is 8.42. The number of hydrogen-bond donors (Lipinski definition) is 1. The summed E-state index contributed by atoms with van der Waals surface area (Å²) in [5.74, 6) is 1.09. The van der Waals surface area contributed by atoms with Crippen molar-refractivity contribution in [2.75, 3.05) is 13.6 Å². The topological polar surface area (TPSA) is 32.3 Å². The van der Waals surface area contributed by atoms with E-state index in [0.29, 0.717) is 6.04 Å². The Morgan fingerprint density at radius 3 is 2.77 bits per heavy atom. The van der Waals surface area contributed by atoms with Gasteiger partial charge in [0.05, 0.1) is 6.04 Å². The van der Waals surface area contributed by atoms with Crippen LogP contribution in [0.4, 0.5) is 0 Å². The number of piperidine rings is 1. The number of likely N-dealkylation sites (N-methyl/N-ethyl adjacent to an activating group) is 1. The van der Waals surface area contributed by atoms with Crippen molar-refractivity contribution in [2.24, 2.45) is 5.92 Å². The van der Waals surface area contributed by atoms with Crippen LogP contribution in [0.25, 0.3) is 0 Å². The fourth-order valence-corrected chi connectivity index (χ4v) is 2.57. The van der Waals surface area contributed by atoms with Crippen LogP contribution in [-0.4, -0.2) is 36.5 Å². The highest BCUT2D eigenvalue weighted by Gasteiger charge is 2.40. The third-order valence-corrected chi connectivity index (χ3v) is 3.50. The minimum absolute atomic E-state index is 0.0145. The van der Waals surface area contributed by atoms with E-state index >= 15 is 0 Å². The van der Waals surface area contributed by atoms with Crippen LogP contribution in [0.1, 0.15) is 26.2 Å². The lowest BCUT2D eigenvalue weighted by atomic mass is 10.1. The average Bonchev–Trinajstić information content (AvgIpc) is 2.76. The third-order valence-electron chi connectivity index (χ3n) is 3.50. The van der Waals surface area contributed by atoms with Crippen LogP contribution in [0.2, 0.25) is 0 Å². The van der Waals surface area contributed by atoms with Crippen molar-refractivity contribution in [3.8, 4) is 0 Å². The summed E-state index contributed by atoms with van der Waals surface area (Å²) >= 11 is 0. The van der Waals surface area contributed by atoms with Gasteiger partial charge in [0.2, 0.25) is 5.91 Å². The summed E-state index contributed by atoms with van der Waals surface area (Å²) in [6.45, 7) is 2.95. The highest BCUT2D eigenvalue weighted by molar-refractivity contribution is 5.82. The van der Waals surface area contributed by atoms with E-state index in [1.165, 1.54) is 19.3 Å². The van der Waals surface area contributed by atoms with E-state index in [1.54, 1.807) is 0 Å². The molecule has 2 aliphatic rings. The number of likely N-dealkylation sites (tertiary alicyclic amines) is 1. The molecule has 3 heteroatoms. The highest BCUT2D eigenvalue weighted by atomic mass is 16.2. The maximum Gasteiger partial charge on any atom is 0.239 e. The van der Waals surface area contributed by atoms with Crippen molar-refractivity contribution >= 4 is 5.91 Å². The number of amides is 1. The molecule has 0 aromatic rings. The van der Waals surface area contributed by atoms with Crippen molar-refractivity contribution in [2.45, 2.75) is 38.3 Å². The number of nitrogens with zero attached hydrogens (tertiary/aromatic N) is 1. The van der Waals surface area contributed by atoms with Crippen LogP contribution in [0, 0.1) is 5.92 Å². The molecule has 1 heterocycles. The summed E-state index contributed by atoms with van der Waals surface area (Å²) in [4.78, 5) is 13.9. The standard InChI is InChI=1S/C10H18N2O/c1-7(11-2)10(13)12-6-8-3-4-9(12)5-8/h7-9,11H,3-6H2,1-2H3. The summed E-state index contributed by atoms with van der Waals surface area (Å²) in [6, 6.07) is 0.549. The lowest BCUT2D eigenvalue weighted by molar-refractivity contribution is -0.134. The first-order chi connectivity index (χ1) is 6.22. The molecule has 0 aromatic heterocycles. The summed E-state index contributed by atoms with van der Waals surface area (Å²) in [5.41, 5.74) is 0. The van der Waals surface area contributed by atoms with E-state index in [-0.39, 0.29) is 11.9 Å². The van der Waals surface area contributed by atoms with E-state index in [0.717, 1.165) is 12.5 Å². The van der Waals surface area contributed by atoms with E-state index in [2.05, 4.69) is 10.2 Å². The van der Waals surface area contributed by atoms with E-state index in [9.17, 15) is 4.79 Å². The van der Waals surface area contributed by atoms with Gasteiger partial charge in [-0.2, -0.15) is 0 Å². The van der Waals surface area contributed by atoms with E-state index in [4.69, 9.17) is 0 Å². The quantitative estimate of drug-likeness (QED) is 0.678. The molecule has 1 saturated carbocycles. The molecule has 3 nitrogen and oxygen atoms in total. The molecule has 2 bridgehead atoms. The molecule has 1 aliphatic carbocycles. The minimum Gasteiger partial charge on any atom is -0.338 e. The molecule has 3 atom stereocenters. The SMILES string of the molecule is CNC(C)C(=O)N1CC2CCC1C2. The first-order valence-electron chi connectivity index (χ1n) is 5.20. The number of carbonyl (C=O) groups is 1. The number of nitrogens with one attached hydrogen (secondary N) is 1. The zero-order valence-corrected chi connectivity index (χ0v) is 8.42. The monoisotopic (exact) mass is 182 g/mol. The zero-order chi connectivity index (χ0) is 9.42. The van der Waals surface area contributed by atoms with Crippen molar-refractivity contribution in [3.63, 3.8) is 0 Å². The first kappa shape index (κ1) is 9.00. The molecule has 1 N–H and O–H groups in total. The molecule has 1 aliphatic heterocycles. The predicted molar refractivity (Wildman–Crippen MR) is 51.4 cm³/mol. The summed E-state index contributed by atoms with van der Waals surface area (Å²) in [7, 11) is 1.84. The van der Waals surface area contributed by atoms with Crippen LogP contribution < -0.4 is 5.32 Å². The molecular weight excluding hydrogens is 164 g/mol. The van der Waals surface area contributed by atoms with Gasteiger partial charge in [-0.3, -0.25) is 4.79 Å². The molecule has 74 valence electrons. The normalized spacial score (nSPS) is 33.8. The maximum atomic E-state index is 11.8. The van der Waals surface area contributed by atoms with Crippen molar-refractivity contribution in [1.29, 1.82) is 0 Å². The van der Waals surface area contributed by atoms with Crippen molar-refractivity contribution in [3.05, 3.63) is 0 Å². The van der Waals surface area contributed by atoms with E-state index < -0.39 is 0 Å². The Balaban J connectivity index is 1.98. The number of carbonyl (C=O) groups excluding carboxylic acids is 1. The molecule has 0 spiro atoms. The number of hydrogen-bond acceptors (Lipinski definition) is 2. The van der Waals surface area contributed by atoms with Gasteiger partial charge >= 0.3 is 0 Å². The Hall–Kier alpha value is -0.570. The third kappa shape index (κ3) is 1.46. The molecular formula is C10H18N2O. The molecule has 3 unspecified atom stereocenters. The predicted octanol–water partition coefficient (Wildman–Crippen LogP) is 0.605. The van der Waals surface area contributed by atoms with Gasteiger partial charge in [0.1, 0.15) is 0 Å². The molecule has 2 fully saturated rings. The second-order valence-corrected chi connectivity index (χ2v) is 4.33. The fraction of sp³-hybridized carbons (Fsp3) is 0.900. The van der Waals surface area contributed by atoms with Crippen LogP contribution in [0.15, 0.2) is 0 Å². The highest BCUT2D eigenvalue weighted by Crippen LogP contribution is 2.37. The van der Waals surface area contributed by atoms with E-state index in [1.807, 2.05) is 14.0 Å². The van der Waals surface area contributed by atoms with Gasteiger partial charge in [-0.1, -0.05) is 0 Å². The molecule has 0 aromatic carbocycles. The van der Waals surface area contributed by atoms with Gasteiger partial charge < -0.3 is 10.2 Å². The van der Waals surface area contributed by atoms with Gasteiger partial charge in [0.25, 0.3) is 0 Å². The summed E-state index contributed by atoms with van der Waals surface area (Å²) in [6.07, 6.45) is 3.82. The van der Waals surface area contributed by atoms with Gasteiger partial charge in [-0.15, -0.1) is 0 Å². The second kappa shape index (κ2) is 3.29. The fourth-order valence-electron chi connectivity index (χ4n) is 2.57.